The molecule has 1 unspecified atom stereocenters. The Bertz CT molecular complexity index is 592. The van der Waals surface area contributed by atoms with Gasteiger partial charge < -0.3 is 4.90 Å². The molecule has 0 bridgehead atoms. The third-order valence-corrected chi connectivity index (χ3v) is 5.00. The summed E-state index contributed by atoms with van der Waals surface area (Å²) in [5.74, 6) is 0. The van der Waals surface area contributed by atoms with Gasteiger partial charge in [0.05, 0.1) is 0 Å². The number of hydrogen-bond donors (Lipinski definition) is 1. The highest BCUT2D eigenvalue weighted by Crippen LogP contribution is 2.15. The van der Waals surface area contributed by atoms with Crippen LogP contribution in [0.4, 0.5) is 0 Å². The maximum Gasteiger partial charge on any atom is 0.242 e. The van der Waals surface area contributed by atoms with E-state index in [2.05, 4.69) is 14.6 Å². The van der Waals surface area contributed by atoms with Gasteiger partial charge >= 0.3 is 0 Å². The molecular formula is C13H18N4O2S. The third kappa shape index (κ3) is 3.54. The van der Waals surface area contributed by atoms with Crippen LogP contribution < -0.4 is 4.72 Å². The summed E-state index contributed by atoms with van der Waals surface area (Å²) in [4.78, 5) is 6.06. The Balaban J connectivity index is 2.01. The predicted octanol–water partition coefficient (Wildman–Crippen LogP) is 0.716. The topological polar surface area (TPSA) is 86.1 Å². The Kier molecular flexibility index (Phi) is 4.70. The summed E-state index contributed by atoms with van der Waals surface area (Å²) < 4.78 is 26.9. The largest absolute Gasteiger partial charge is 0.302 e. The van der Waals surface area contributed by atoms with Crippen molar-refractivity contribution >= 4 is 10.0 Å². The van der Waals surface area contributed by atoms with Crippen molar-refractivity contribution in [1.82, 2.24) is 14.6 Å². The minimum Gasteiger partial charge on any atom is -0.302 e. The lowest BCUT2D eigenvalue weighted by Crippen LogP contribution is -2.44. The number of likely N-dealkylation sites (tertiary alicyclic amines) is 1. The third-order valence-electron chi connectivity index (χ3n) is 3.59. The van der Waals surface area contributed by atoms with Gasteiger partial charge in [0.2, 0.25) is 10.0 Å². The Morgan fingerprint density at radius 1 is 1.50 bits per heavy atom. The molecule has 0 spiro atoms. The molecule has 6 nitrogen and oxygen atoms in total. The lowest BCUT2D eigenvalue weighted by atomic mass is 10.0. The van der Waals surface area contributed by atoms with E-state index in [-0.39, 0.29) is 16.6 Å². The van der Waals surface area contributed by atoms with Crippen molar-refractivity contribution < 1.29 is 8.42 Å². The summed E-state index contributed by atoms with van der Waals surface area (Å²) in [6.45, 7) is 1.41. The molecule has 1 N–H and O–H groups in total. The second-order valence-corrected chi connectivity index (χ2v) is 6.74. The number of piperidine rings is 1. The SMILES string of the molecule is CN1CCCCC1CNS(=O)(=O)c1ccc(C#N)nc1. The highest BCUT2D eigenvalue weighted by atomic mass is 32.2. The number of nitriles is 1. The Morgan fingerprint density at radius 2 is 2.30 bits per heavy atom. The van der Waals surface area contributed by atoms with Crippen LogP contribution >= 0.6 is 0 Å². The van der Waals surface area contributed by atoms with Crippen molar-refractivity contribution in [3.8, 4) is 6.07 Å². The highest BCUT2D eigenvalue weighted by molar-refractivity contribution is 7.89. The average Bonchev–Trinajstić information content (AvgIpc) is 2.46. The summed E-state index contributed by atoms with van der Waals surface area (Å²) in [6.07, 6.45) is 4.52. The smallest absolute Gasteiger partial charge is 0.242 e. The first kappa shape index (κ1) is 14.9. The van der Waals surface area contributed by atoms with Crippen molar-refractivity contribution in [3.63, 3.8) is 0 Å². The van der Waals surface area contributed by atoms with Crippen LogP contribution in [0.15, 0.2) is 23.2 Å². The van der Waals surface area contributed by atoms with Gasteiger partial charge in [-0.05, 0) is 38.6 Å². The van der Waals surface area contributed by atoms with Crippen molar-refractivity contribution in [3.05, 3.63) is 24.0 Å². The van der Waals surface area contributed by atoms with Gasteiger partial charge in [-0.1, -0.05) is 6.42 Å². The molecule has 1 fully saturated rings. The second-order valence-electron chi connectivity index (χ2n) is 4.97. The molecule has 1 saturated heterocycles. The number of rotatable bonds is 4. The van der Waals surface area contributed by atoms with Gasteiger partial charge in [0.15, 0.2) is 0 Å². The fourth-order valence-corrected chi connectivity index (χ4v) is 3.31. The molecule has 1 aliphatic rings. The van der Waals surface area contributed by atoms with E-state index in [1.54, 1.807) is 0 Å². The molecule has 1 aliphatic heterocycles. The van der Waals surface area contributed by atoms with E-state index >= 15 is 0 Å². The number of likely N-dealkylation sites (N-methyl/N-ethyl adjacent to an activating group) is 1. The Morgan fingerprint density at radius 3 is 2.90 bits per heavy atom. The van der Waals surface area contributed by atoms with Gasteiger partial charge in [0, 0.05) is 18.8 Å². The van der Waals surface area contributed by atoms with Crippen molar-refractivity contribution in [2.24, 2.45) is 0 Å². The van der Waals surface area contributed by atoms with Gasteiger partial charge in [0.1, 0.15) is 16.7 Å². The molecule has 0 aliphatic carbocycles. The van der Waals surface area contributed by atoms with Crippen LogP contribution in [-0.4, -0.2) is 44.5 Å². The van der Waals surface area contributed by atoms with E-state index in [0.717, 1.165) is 19.4 Å². The molecule has 1 atom stereocenters. The first-order valence-corrected chi connectivity index (χ1v) is 8.07. The minimum atomic E-state index is -3.56. The zero-order chi connectivity index (χ0) is 14.6. The number of sulfonamides is 1. The molecule has 1 aromatic heterocycles. The lowest BCUT2D eigenvalue weighted by Gasteiger charge is -2.32. The summed E-state index contributed by atoms with van der Waals surface area (Å²) in [5, 5.41) is 8.65. The molecule has 2 rings (SSSR count). The van der Waals surface area contributed by atoms with Crippen LogP contribution in [-0.2, 0) is 10.0 Å². The summed E-state index contributed by atoms with van der Waals surface area (Å²) >= 11 is 0. The van der Waals surface area contributed by atoms with Crippen LogP contribution in [0, 0.1) is 11.3 Å². The molecule has 0 amide bonds. The fourth-order valence-electron chi connectivity index (χ4n) is 2.30. The number of nitrogens with zero attached hydrogens (tertiary/aromatic N) is 3. The van der Waals surface area contributed by atoms with Gasteiger partial charge in [-0.2, -0.15) is 5.26 Å². The molecular weight excluding hydrogens is 276 g/mol. The predicted molar refractivity (Wildman–Crippen MR) is 74.4 cm³/mol. The summed E-state index contributed by atoms with van der Waals surface area (Å²) in [5.41, 5.74) is 0.205. The molecule has 20 heavy (non-hydrogen) atoms. The van der Waals surface area contributed by atoms with E-state index in [0.29, 0.717) is 6.54 Å². The van der Waals surface area contributed by atoms with Crippen LogP contribution in [0.25, 0.3) is 0 Å². The van der Waals surface area contributed by atoms with Crippen molar-refractivity contribution in [2.75, 3.05) is 20.1 Å². The lowest BCUT2D eigenvalue weighted by molar-refractivity contribution is 0.187. The molecule has 0 saturated carbocycles. The highest BCUT2D eigenvalue weighted by Gasteiger charge is 2.22. The first-order valence-electron chi connectivity index (χ1n) is 6.59. The summed E-state index contributed by atoms with van der Waals surface area (Å²) in [6, 6.07) is 4.91. The van der Waals surface area contributed by atoms with Gasteiger partial charge in [-0.25, -0.2) is 18.1 Å². The average molecular weight is 294 g/mol. The van der Waals surface area contributed by atoms with Gasteiger partial charge in [0.25, 0.3) is 0 Å². The second kappa shape index (κ2) is 6.31. The maximum atomic E-state index is 12.1. The van der Waals surface area contributed by atoms with Crippen molar-refractivity contribution in [2.45, 2.75) is 30.2 Å². The molecule has 2 heterocycles. The number of hydrogen-bond acceptors (Lipinski definition) is 5. The van der Waals surface area contributed by atoms with E-state index in [9.17, 15) is 8.42 Å². The van der Waals surface area contributed by atoms with Crippen LogP contribution in [0.3, 0.4) is 0 Å². The molecule has 0 aromatic carbocycles. The Hall–Kier alpha value is -1.49. The van der Waals surface area contributed by atoms with Crippen LogP contribution in [0.1, 0.15) is 25.0 Å². The molecule has 1 aromatic rings. The van der Waals surface area contributed by atoms with Crippen LogP contribution in [0.5, 0.6) is 0 Å². The van der Waals surface area contributed by atoms with E-state index < -0.39 is 10.0 Å². The van der Waals surface area contributed by atoms with Gasteiger partial charge in [-0.3, -0.25) is 0 Å². The normalized spacial score (nSPS) is 20.5. The van der Waals surface area contributed by atoms with E-state index in [1.165, 1.54) is 24.8 Å². The monoisotopic (exact) mass is 294 g/mol. The summed E-state index contributed by atoms with van der Waals surface area (Å²) in [7, 11) is -1.54. The zero-order valence-electron chi connectivity index (χ0n) is 11.4. The standard InChI is InChI=1S/C13H18N4O2S/c1-17-7-3-2-4-12(17)9-16-20(18,19)13-6-5-11(8-14)15-10-13/h5-6,10,12,16H,2-4,7,9H2,1H3. The minimum absolute atomic E-state index is 0.0926. The zero-order valence-corrected chi connectivity index (χ0v) is 12.2. The molecule has 108 valence electrons. The van der Waals surface area contributed by atoms with Crippen molar-refractivity contribution in [1.29, 1.82) is 5.26 Å². The van der Waals surface area contributed by atoms with E-state index in [1.807, 2.05) is 13.1 Å². The molecule has 7 heteroatoms. The quantitative estimate of drug-likeness (QED) is 0.884. The fraction of sp³-hybridized carbons (Fsp3) is 0.538. The number of nitrogens with one attached hydrogen (secondary N) is 1. The number of pyridine rings is 1. The Labute approximate surface area is 119 Å². The number of aromatic nitrogens is 1. The van der Waals surface area contributed by atoms with E-state index in [4.69, 9.17) is 5.26 Å². The van der Waals surface area contributed by atoms with Crippen LogP contribution in [0.2, 0.25) is 0 Å². The first-order chi connectivity index (χ1) is 9.53. The molecule has 0 radical (unpaired) electrons. The maximum absolute atomic E-state index is 12.1. The van der Waals surface area contributed by atoms with Gasteiger partial charge in [-0.15, -0.1) is 0 Å².